The van der Waals surface area contributed by atoms with Crippen LogP contribution in [0, 0.1) is 19.8 Å². The highest BCUT2D eigenvalue weighted by Gasteiger charge is 2.27. The van der Waals surface area contributed by atoms with Crippen molar-refractivity contribution in [3.63, 3.8) is 0 Å². The lowest BCUT2D eigenvalue weighted by atomic mass is 9.90. The van der Waals surface area contributed by atoms with E-state index in [0.29, 0.717) is 11.7 Å². The molecule has 3 heterocycles. The fourth-order valence-electron chi connectivity index (χ4n) is 4.14. The van der Waals surface area contributed by atoms with Crippen molar-refractivity contribution in [3.8, 4) is 5.82 Å². The first-order valence-corrected chi connectivity index (χ1v) is 11.7. The number of piperidine rings is 1. The number of rotatable bonds is 6. The van der Waals surface area contributed by atoms with E-state index in [1.165, 1.54) is 17.3 Å². The first-order valence-electron chi connectivity index (χ1n) is 10.9. The maximum absolute atomic E-state index is 12.9. The number of carbonyl (C=O) groups is 1. The van der Waals surface area contributed by atoms with Gasteiger partial charge in [-0.15, -0.1) is 10.2 Å². The summed E-state index contributed by atoms with van der Waals surface area (Å²) < 4.78 is 1.78. The minimum absolute atomic E-state index is 0.181. The molecule has 1 atom stereocenters. The molecule has 3 aromatic rings. The summed E-state index contributed by atoms with van der Waals surface area (Å²) in [7, 11) is 0. The van der Waals surface area contributed by atoms with Gasteiger partial charge in [0.15, 0.2) is 5.82 Å². The van der Waals surface area contributed by atoms with Crippen LogP contribution in [-0.2, 0) is 11.2 Å². The van der Waals surface area contributed by atoms with Crippen molar-refractivity contribution in [2.75, 3.05) is 13.1 Å². The molecule has 0 radical (unpaired) electrons. The third kappa shape index (κ3) is 5.34. The molecule has 1 aliphatic heterocycles. The molecule has 4 rings (SSSR count). The van der Waals surface area contributed by atoms with Crippen molar-refractivity contribution < 1.29 is 4.79 Å². The molecule has 7 heteroatoms. The zero-order valence-corrected chi connectivity index (χ0v) is 19.2. The lowest BCUT2D eigenvalue weighted by molar-refractivity contribution is -0.131. The second-order valence-electron chi connectivity index (χ2n) is 8.29. The number of carbonyl (C=O) groups excluding carboxylic acids is 1. The van der Waals surface area contributed by atoms with E-state index in [2.05, 4.69) is 45.6 Å². The Morgan fingerprint density at radius 2 is 1.84 bits per heavy atom. The van der Waals surface area contributed by atoms with Crippen LogP contribution in [0.25, 0.3) is 5.82 Å². The summed E-state index contributed by atoms with van der Waals surface area (Å²) in [5.74, 6) is 1.53. The molecule has 0 saturated carbocycles. The van der Waals surface area contributed by atoms with Gasteiger partial charge in [0, 0.05) is 18.8 Å². The van der Waals surface area contributed by atoms with Gasteiger partial charge in [-0.25, -0.2) is 4.68 Å². The van der Waals surface area contributed by atoms with E-state index < -0.39 is 0 Å². The van der Waals surface area contributed by atoms with Gasteiger partial charge in [-0.05, 0) is 69.7 Å². The second-order valence-corrected chi connectivity index (χ2v) is 9.65. The van der Waals surface area contributed by atoms with Crippen LogP contribution in [0.3, 0.4) is 0 Å². The summed E-state index contributed by atoms with van der Waals surface area (Å²) in [4.78, 5) is 15.0. The Labute approximate surface area is 188 Å². The van der Waals surface area contributed by atoms with E-state index in [9.17, 15) is 4.79 Å². The molecule has 1 aliphatic rings. The van der Waals surface area contributed by atoms with Gasteiger partial charge in [0.05, 0.1) is 10.9 Å². The van der Waals surface area contributed by atoms with E-state index in [1.54, 1.807) is 4.68 Å². The molecular weight excluding hydrogens is 406 g/mol. The van der Waals surface area contributed by atoms with E-state index >= 15 is 0 Å². The van der Waals surface area contributed by atoms with E-state index in [4.69, 9.17) is 0 Å². The molecule has 1 aromatic carbocycles. The van der Waals surface area contributed by atoms with Crippen LogP contribution in [0.2, 0.25) is 0 Å². The maximum atomic E-state index is 12.9. The molecule has 31 heavy (non-hydrogen) atoms. The zero-order chi connectivity index (χ0) is 21.8. The lowest BCUT2D eigenvalue weighted by Gasteiger charge is -2.33. The van der Waals surface area contributed by atoms with Gasteiger partial charge in [0.1, 0.15) is 5.03 Å². The monoisotopic (exact) mass is 435 g/mol. The van der Waals surface area contributed by atoms with Crippen molar-refractivity contribution >= 4 is 17.7 Å². The Morgan fingerprint density at radius 3 is 2.45 bits per heavy atom. The smallest absolute Gasteiger partial charge is 0.235 e. The Hall–Kier alpha value is -2.67. The fraction of sp³-hybridized carbons (Fsp3) is 0.417. The molecule has 162 valence electrons. The van der Waals surface area contributed by atoms with Crippen LogP contribution in [0.1, 0.15) is 36.7 Å². The average Bonchev–Trinajstić information content (AvgIpc) is 3.13. The fourth-order valence-corrected chi connectivity index (χ4v) is 4.99. The number of hydrogen-bond acceptors (Lipinski definition) is 5. The number of hydrogen-bond donors (Lipinski definition) is 0. The van der Waals surface area contributed by atoms with E-state index in [1.807, 2.05) is 43.9 Å². The van der Waals surface area contributed by atoms with Gasteiger partial charge < -0.3 is 4.90 Å². The largest absolute Gasteiger partial charge is 0.342 e. The number of likely N-dealkylation sites (tertiary alicyclic amines) is 1. The number of benzene rings is 1. The summed E-state index contributed by atoms with van der Waals surface area (Å²) in [5.41, 5.74) is 3.36. The Bertz CT molecular complexity index is 1010. The molecule has 1 saturated heterocycles. The van der Waals surface area contributed by atoms with Gasteiger partial charge in [0.25, 0.3) is 0 Å². The quantitative estimate of drug-likeness (QED) is 0.542. The summed E-state index contributed by atoms with van der Waals surface area (Å²) in [5, 5.41) is 13.6. The summed E-state index contributed by atoms with van der Waals surface area (Å²) in [6.45, 7) is 7.58. The van der Waals surface area contributed by atoms with Crippen molar-refractivity contribution in [2.45, 2.75) is 50.3 Å². The van der Waals surface area contributed by atoms with E-state index in [0.717, 1.165) is 48.8 Å². The Balaban J connectivity index is 1.29. The highest BCUT2D eigenvalue weighted by Crippen LogP contribution is 2.26. The summed E-state index contributed by atoms with van der Waals surface area (Å²) >= 11 is 1.47. The SMILES string of the molecule is Cc1cc(C)n(-c2ccc(SC(C)C(=O)N3CCC(Cc4ccccc4)CC3)nn2)n1. The molecule has 0 spiro atoms. The molecule has 1 unspecified atom stereocenters. The molecule has 6 nitrogen and oxygen atoms in total. The van der Waals surface area contributed by atoms with Crippen molar-refractivity contribution in [1.82, 2.24) is 24.9 Å². The molecule has 0 N–H and O–H groups in total. The summed E-state index contributed by atoms with van der Waals surface area (Å²) in [6.07, 6.45) is 3.23. The van der Waals surface area contributed by atoms with Crippen LogP contribution in [0.15, 0.2) is 53.6 Å². The van der Waals surface area contributed by atoms with Crippen LogP contribution < -0.4 is 0 Å². The molecule has 0 aliphatic carbocycles. The highest BCUT2D eigenvalue weighted by molar-refractivity contribution is 8.00. The van der Waals surface area contributed by atoms with Crippen LogP contribution in [0.4, 0.5) is 0 Å². The van der Waals surface area contributed by atoms with Crippen molar-refractivity contribution in [2.24, 2.45) is 5.92 Å². The van der Waals surface area contributed by atoms with Crippen LogP contribution in [-0.4, -0.2) is 49.1 Å². The van der Waals surface area contributed by atoms with Gasteiger partial charge in [0.2, 0.25) is 5.91 Å². The standard InChI is InChI=1S/C24H29N5OS/c1-17-15-18(2)29(27-17)22-9-10-23(26-25-22)31-19(3)24(30)28-13-11-21(12-14-28)16-20-7-5-4-6-8-20/h4-10,15,19,21H,11-14,16H2,1-3H3. The number of amides is 1. The molecule has 0 bridgehead atoms. The predicted molar refractivity (Wildman–Crippen MR) is 123 cm³/mol. The van der Waals surface area contributed by atoms with Crippen molar-refractivity contribution in [3.05, 3.63) is 65.5 Å². The molecule has 1 fully saturated rings. The summed E-state index contributed by atoms with van der Waals surface area (Å²) in [6, 6.07) is 16.5. The third-order valence-electron chi connectivity index (χ3n) is 5.79. The minimum atomic E-state index is -0.181. The normalized spacial score (nSPS) is 15.8. The molecular formula is C24H29N5OS. The first kappa shape index (κ1) is 21.6. The minimum Gasteiger partial charge on any atom is -0.342 e. The number of aromatic nitrogens is 4. The molecule has 2 aromatic heterocycles. The average molecular weight is 436 g/mol. The zero-order valence-electron chi connectivity index (χ0n) is 18.4. The highest BCUT2D eigenvalue weighted by atomic mass is 32.2. The third-order valence-corrected chi connectivity index (χ3v) is 6.81. The number of nitrogens with zero attached hydrogens (tertiary/aromatic N) is 5. The Morgan fingerprint density at radius 1 is 1.10 bits per heavy atom. The van der Waals surface area contributed by atoms with Crippen molar-refractivity contribution in [1.29, 1.82) is 0 Å². The van der Waals surface area contributed by atoms with Gasteiger partial charge in [-0.2, -0.15) is 5.10 Å². The maximum Gasteiger partial charge on any atom is 0.235 e. The first-order chi connectivity index (χ1) is 15.0. The van der Waals surface area contributed by atoms with Gasteiger partial charge in [-0.3, -0.25) is 4.79 Å². The number of thioether (sulfide) groups is 1. The predicted octanol–water partition coefficient (Wildman–Crippen LogP) is 4.24. The lowest BCUT2D eigenvalue weighted by Crippen LogP contribution is -2.42. The topological polar surface area (TPSA) is 63.9 Å². The number of aryl methyl sites for hydroxylation is 2. The molecule has 1 amide bonds. The Kier molecular flexibility index (Phi) is 6.70. The van der Waals surface area contributed by atoms with Crippen LogP contribution >= 0.6 is 11.8 Å². The second kappa shape index (κ2) is 9.64. The van der Waals surface area contributed by atoms with E-state index in [-0.39, 0.29) is 11.2 Å². The van der Waals surface area contributed by atoms with Crippen LogP contribution in [0.5, 0.6) is 0 Å². The van der Waals surface area contributed by atoms with Gasteiger partial charge >= 0.3 is 0 Å². The van der Waals surface area contributed by atoms with Gasteiger partial charge in [-0.1, -0.05) is 42.1 Å².